The van der Waals surface area contributed by atoms with Crippen LogP contribution in [0.5, 0.6) is 0 Å². The molecule has 5 nitrogen and oxygen atoms in total. The van der Waals surface area contributed by atoms with Gasteiger partial charge in [0.2, 0.25) is 0 Å². The zero-order valence-electron chi connectivity index (χ0n) is 10.0. The molecule has 0 aliphatic heterocycles. The Balaban J connectivity index is 2.68. The van der Waals surface area contributed by atoms with E-state index in [1.165, 1.54) is 12.1 Å². The van der Waals surface area contributed by atoms with Gasteiger partial charge < -0.3 is 4.74 Å². The highest BCUT2D eigenvalue weighted by molar-refractivity contribution is 6.32. The predicted molar refractivity (Wildman–Crippen MR) is 67.9 cm³/mol. The number of carbonyl (C=O) groups excluding carboxylic acids is 1. The van der Waals surface area contributed by atoms with Gasteiger partial charge >= 0.3 is 5.97 Å². The molecule has 1 aromatic carbocycles. The van der Waals surface area contributed by atoms with Gasteiger partial charge in [-0.1, -0.05) is 31.4 Å². The van der Waals surface area contributed by atoms with Gasteiger partial charge in [-0.2, -0.15) is 0 Å². The molecular formula is C12H14ClNO4. The number of benzene rings is 1. The summed E-state index contributed by atoms with van der Waals surface area (Å²) in [5.74, 6) is -0.564. The van der Waals surface area contributed by atoms with Gasteiger partial charge in [-0.15, -0.1) is 0 Å². The van der Waals surface area contributed by atoms with Crippen molar-refractivity contribution in [1.82, 2.24) is 0 Å². The van der Waals surface area contributed by atoms with Crippen molar-refractivity contribution in [2.75, 3.05) is 6.61 Å². The molecule has 98 valence electrons. The van der Waals surface area contributed by atoms with Crippen molar-refractivity contribution in [3.63, 3.8) is 0 Å². The maximum absolute atomic E-state index is 11.6. The van der Waals surface area contributed by atoms with Crippen LogP contribution >= 0.6 is 11.6 Å². The fraction of sp³-hybridized carbons (Fsp3) is 0.417. The fourth-order valence-electron chi connectivity index (χ4n) is 1.38. The van der Waals surface area contributed by atoms with Crippen molar-refractivity contribution in [3.05, 3.63) is 38.9 Å². The molecule has 0 spiro atoms. The smallest absolute Gasteiger partial charge is 0.338 e. The summed E-state index contributed by atoms with van der Waals surface area (Å²) in [5, 5.41) is 10.7. The Morgan fingerprint density at radius 1 is 1.44 bits per heavy atom. The normalized spacial score (nSPS) is 10.1. The van der Waals surface area contributed by atoms with E-state index in [-0.39, 0.29) is 16.3 Å². The van der Waals surface area contributed by atoms with Crippen LogP contribution in [0.15, 0.2) is 18.2 Å². The van der Waals surface area contributed by atoms with Gasteiger partial charge in [0.25, 0.3) is 5.69 Å². The van der Waals surface area contributed by atoms with E-state index in [0.717, 1.165) is 25.3 Å². The molecule has 0 amide bonds. The Hall–Kier alpha value is -1.62. The van der Waals surface area contributed by atoms with E-state index in [4.69, 9.17) is 16.3 Å². The lowest BCUT2D eigenvalue weighted by Crippen LogP contribution is -2.07. The highest BCUT2D eigenvalue weighted by atomic mass is 35.5. The van der Waals surface area contributed by atoms with Crippen molar-refractivity contribution < 1.29 is 14.5 Å². The summed E-state index contributed by atoms with van der Waals surface area (Å²) in [6, 6.07) is 3.87. The highest BCUT2D eigenvalue weighted by Gasteiger charge is 2.16. The van der Waals surface area contributed by atoms with Gasteiger partial charge in [0.1, 0.15) is 5.02 Å². The van der Waals surface area contributed by atoms with E-state index in [9.17, 15) is 14.9 Å². The van der Waals surface area contributed by atoms with Crippen molar-refractivity contribution in [3.8, 4) is 0 Å². The molecule has 0 saturated carbocycles. The third-order valence-electron chi connectivity index (χ3n) is 2.36. The van der Waals surface area contributed by atoms with Crippen LogP contribution in [-0.4, -0.2) is 17.5 Å². The Morgan fingerprint density at radius 2 is 2.17 bits per heavy atom. The molecular weight excluding hydrogens is 258 g/mol. The molecule has 0 bridgehead atoms. The van der Waals surface area contributed by atoms with E-state index in [0.29, 0.717) is 6.61 Å². The Kier molecular flexibility index (Phi) is 5.58. The molecule has 0 N–H and O–H groups in total. The molecule has 1 rings (SSSR count). The van der Waals surface area contributed by atoms with Gasteiger partial charge in [0.05, 0.1) is 17.1 Å². The first kappa shape index (κ1) is 14.4. The van der Waals surface area contributed by atoms with Gasteiger partial charge in [-0.05, 0) is 18.6 Å². The lowest BCUT2D eigenvalue weighted by Gasteiger charge is -2.04. The van der Waals surface area contributed by atoms with E-state index in [1.54, 1.807) is 0 Å². The van der Waals surface area contributed by atoms with E-state index in [1.807, 2.05) is 6.92 Å². The molecule has 6 heteroatoms. The Labute approximate surface area is 110 Å². The van der Waals surface area contributed by atoms with E-state index >= 15 is 0 Å². The molecule has 0 aromatic heterocycles. The van der Waals surface area contributed by atoms with Gasteiger partial charge in [0.15, 0.2) is 0 Å². The summed E-state index contributed by atoms with van der Waals surface area (Å²) < 4.78 is 5.00. The number of ether oxygens (including phenoxy) is 1. The van der Waals surface area contributed by atoms with Gasteiger partial charge in [-0.25, -0.2) is 4.79 Å². The SMILES string of the molecule is CCCCCOC(=O)c1ccc(Cl)c([N+](=O)[O-])c1. The first-order valence-electron chi connectivity index (χ1n) is 5.67. The third-order valence-corrected chi connectivity index (χ3v) is 2.68. The summed E-state index contributed by atoms with van der Waals surface area (Å²) >= 11 is 5.65. The Morgan fingerprint density at radius 3 is 2.78 bits per heavy atom. The molecule has 1 aromatic rings. The van der Waals surface area contributed by atoms with Crippen LogP contribution in [0.3, 0.4) is 0 Å². The number of carbonyl (C=O) groups is 1. The van der Waals surface area contributed by atoms with E-state index < -0.39 is 10.9 Å². The zero-order valence-corrected chi connectivity index (χ0v) is 10.8. The summed E-state index contributed by atoms with van der Waals surface area (Å²) in [5.41, 5.74) is -0.151. The molecule has 0 radical (unpaired) electrons. The second-order valence-corrected chi connectivity index (χ2v) is 4.17. The standard InChI is InChI=1S/C12H14ClNO4/c1-2-3-4-7-18-12(15)9-5-6-10(13)11(8-9)14(16)17/h5-6,8H,2-4,7H2,1H3. The number of halogens is 1. The first-order valence-corrected chi connectivity index (χ1v) is 6.05. The summed E-state index contributed by atoms with van der Waals surface area (Å²) in [7, 11) is 0. The number of nitro benzene ring substituents is 1. The molecule has 0 atom stereocenters. The summed E-state index contributed by atoms with van der Waals surface area (Å²) in [6.45, 7) is 2.37. The largest absolute Gasteiger partial charge is 0.462 e. The number of hydrogen-bond donors (Lipinski definition) is 0. The zero-order chi connectivity index (χ0) is 13.5. The second kappa shape index (κ2) is 6.96. The minimum absolute atomic E-state index is 0.00235. The van der Waals surface area contributed by atoms with Crippen LogP contribution in [-0.2, 0) is 4.74 Å². The highest BCUT2D eigenvalue weighted by Crippen LogP contribution is 2.25. The quantitative estimate of drug-likeness (QED) is 0.343. The maximum Gasteiger partial charge on any atom is 0.338 e. The van der Waals surface area contributed by atoms with Gasteiger partial charge in [-0.3, -0.25) is 10.1 Å². The second-order valence-electron chi connectivity index (χ2n) is 3.77. The fourth-order valence-corrected chi connectivity index (χ4v) is 1.57. The molecule has 0 unspecified atom stereocenters. The molecule has 0 heterocycles. The number of nitro groups is 1. The summed E-state index contributed by atoms with van der Waals surface area (Å²) in [4.78, 5) is 21.6. The summed E-state index contributed by atoms with van der Waals surface area (Å²) in [6.07, 6.45) is 2.80. The number of rotatable bonds is 6. The first-order chi connectivity index (χ1) is 8.56. The number of nitrogens with zero attached hydrogens (tertiary/aromatic N) is 1. The van der Waals surface area contributed by atoms with Crippen molar-refractivity contribution in [2.24, 2.45) is 0 Å². The van der Waals surface area contributed by atoms with Crippen LogP contribution in [0.25, 0.3) is 0 Å². The molecule has 0 aliphatic carbocycles. The lowest BCUT2D eigenvalue weighted by atomic mass is 10.2. The van der Waals surface area contributed by atoms with Crippen molar-refractivity contribution in [2.45, 2.75) is 26.2 Å². The number of unbranched alkanes of at least 4 members (excludes halogenated alkanes) is 2. The minimum Gasteiger partial charge on any atom is -0.462 e. The van der Waals surface area contributed by atoms with Crippen molar-refractivity contribution in [1.29, 1.82) is 0 Å². The predicted octanol–water partition coefficient (Wildman–Crippen LogP) is 3.60. The molecule has 0 saturated heterocycles. The average molecular weight is 272 g/mol. The van der Waals surface area contributed by atoms with Crippen LogP contribution in [0.4, 0.5) is 5.69 Å². The van der Waals surface area contributed by atoms with Gasteiger partial charge in [0, 0.05) is 6.07 Å². The topological polar surface area (TPSA) is 69.4 Å². The van der Waals surface area contributed by atoms with Crippen LogP contribution in [0.1, 0.15) is 36.5 Å². The Bertz CT molecular complexity index is 448. The van der Waals surface area contributed by atoms with Crippen LogP contribution < -0.4 is 0 Å². The van der Waals surface area contributed by atoms with Crippen LogP contribution in [0.2, 0.25) is 5.02 Å². The average Bonchev–Trinajstić information content (AvgIpc) is 2.34. The molecule has 0 fully saturated rings. The number of esters is 1. The minimum atomic E-state index is -0.629. The molecule has 18 heavy (non-hydrogen) atoms. The lowest BCUT2D eigenvalue weighted by molar-refractivity contribution is -0.384. The number of hydrogen-bond acceptors (Lipinski definition) is 4. The monoisotopic (exact) mass is 271 g/mol. The van der Waals surface area contributed by atoms with Crippen molar-refractivity contribution >= 4 is 23.3 Å². The maximum atomic E-state index is 11.6. The molecule has 0 aliphatic rings. The third kappa shape index (κ3) is 4.00. The van der Waals surface area contributed by atoms with E-state index in [2.05, 4.69) is 0 Å². The van der Waals surface area contributed by atoms with Crippen LogP contribution in [0, 0.1) is 10.1 Å².